The van der Waals surface area contributed by atoms with Gasteiger partial charge in [-0.2, -0.15) is 0 Å². The molecular formula is C19H24N2O4S. The number of hydrogen-bond acceptors (Lipinski definition) is 4. The molecule has 0 bridgehead atoms. The minimum atomic E-state index is -3.65. The zero-order valence-corrected chi connectivity index (χ0v) is 16.1. The van der Waals surface area contributed by atoms with Gasteiger partial charge in [-0.05, 0) is 24.6 Å². The zero-order valence-electron chi connectivity index (χ0n) is 15.3. The Bertz CT molecular complexity index is 838. The van der Waals surface area contributed by atoms with Crippen LogP contribution >= 0.6 is 0 Å². The van der Waals surface area contributed by atoms with Crippen LogP contribution in [0.5, 0.6) is 5.75 Å². The number of carbonyl (C=O) groups excluding carboxylic acids is 1. The number of methoxy groups -OCH3 is 1. The summed E-state index contributed by atoms with van der Waals surface area (Å²) in [6.45, 7) is 2.51. The second-order valence-corrected chi connectivity index (χ2v) is 7.74. The Labute approximate surface area is 155 Å². The number of anilines is 1. The monoisotopic (exact) mass is 376 g/mol. The predicted octanol–water partition coefficient (Wildman–Crippen LogP) is 2.51. The quantitative estimate of drug-likeness (QED) is 0.710. The Morgan fingerprint density at radius 3 is 2.23 bits per heavy atom. The molecule has 0 N–H and O–H groups in total. The summed E-state index contributed by atoms with van der Waals surface area (Å²) in [5.74, 6) is 0.129. The minimum absolute atomic E-state index is 0.271. The lowest BCUT2D eigenvalue weighted by Gasteiger charge is -2.27. The molecule has 0 aliphatic heterocycles. The first-order valence-corrected chi connectivity index (χ1v) is 10.1. The molecule has 0 spiro atoms. The lowest BCUT2D eigenvalue weighted by Crippen LogP contribution is -2.42. The van der Waals surface area contributed by atoms with E-state index in [-0.39, 0.29) is 12.5 Å². The van der Waals surface area contributed by atoms with Crippen LogP contribution < -0.4 is 9.04 Å². The third-order valence-electron chi connectivity index (χ3n) is 3.98. The van der Waals surface area contributed by atoms with E-state index in [2.05, 4.69) is 0 Å². The summed E-state index contributed by atoms with van der Waals surface area (Å²) >= 11 is 0. The van der Waals surface area contributed by atoms with Crippen LogP contribution in [0.3, 0.4) is 0 Å². The van der Waals surface area contributed by atoms with E-state index in [4.69, 9.17) is 4.74 Å². The molecule has 2 rings (SSSR count). The van der Waals surface area contributed by atoms with E-state index >= 15 is 0 Å². The van der Waals surface area contributed by atoms with Crippen LogP contribution in [0, 0.1) is 0 Å². The molecule has 0 aromatic heterocycles. The highest BCUT2D eigenvalue weighted by Gasteiger charge is 2.25. The van der Waals surface area contributed by atoms with E-state index in [0.29, 0.717) is 24.5 Å². The molecule has 0 aliphatic carbocycles. The summed E-state index contributed by atoms with van der Waals surface area (Å²) in [4.78, 5) is 14.4. The standard InChI is InChI=1S/C19H24N2O4S/c1-4-20(14-16-10-6-5-7-11-16)19(22)15-21(26(3,23)24)17-12-8-9-13-18(17)25-2/h5-13H,4,14-15H2,1-3H3. The van der Waals surface area contributed by atoms with Crippen molar-refractivity contribution in [3.63, 3.8) is 0 Å². The largest absolute Gasteiger partial charge is 0.495 e. The number of ether oxygens (including phenoxy) is 1. The maximum atomic E-state index is 12.8. The van der Waals surface area contributed by atoms with Gasteiger partial charge in [-0.25, -0.2) is 8.42 Å². The summed E-state index contributed by atoms with van der Waals surface area (Å²) < 4.78 is 30.9. The highest BCUT2D eigenvalue weighted by molar-refractivity contribution is 7.92. The number of nitrogens with zero attached hydrogens (tertiary/aromatic N) is 2. The second kappa shape index (κ2) is 8.71. The lowest BCUT2D eigenvalue weighted by molar-refractivity contribution is -0.129. The first kappa shape index (κ1) is 19.8. The molecule has 7 heteroatoms. The Balaban J connectivity index is 2.26. The van der Waals surface area contributed by atoms with Crippen LogP contribution in [-0.4, -0.2) is 45.7 Å². The molecular weight excluding hydrogens is 352 g/mol. The van der Waals surface area contributed by atoms with Crippen molar-refractivity contribution in [1.82, 2.24) is 4.90 Å². The highest BCUT2D eigenvalue weighted by Crippen LogP contribution is 2.29. The van der Waals surface area contributed by atoms with E-state index < -0.39 is 10.0 Å². The summed E-state index contributed by atoms with van der Waals surface area (Å²) in [6, 6.07) is 16.3. The van der Waals surface area contributed by atoms with E-state index in [1.807, 2.05) is 37.3 Å². The van der Waals surface area contributed by atoms with Crippen molar-refractivity contribution in [1.29, 1.82) is 0 Å². The average Bonchev–Trinajstić information content (AvgIpc) is 2.63. The number of sulfonamides is 1. The van der Waals surface area contributed by atoms with Crippen molar-refractivity contribution < 1.29 is 17.9 Å². The number of likely N-dealkylation sites (N-methyl/N-ethyl adjacent to an activating group) is 1. The summed E-state index contributed by atoms with van der Waals surface area (Å²) in [5.41, 5.74) is 1.34. The van der Waals surface area contributed by atoms with Crippen molar-refractivity contribution in [3.8, 4) is 5.75 Å². The fraction of sp³-hybridized carbons (Fsp3) is 0.316. The molecule has 0 unspecified atom stereocenters. The van der Waals surface area contributed by atoms with Crippen LogP contribution in [0.15, 0.2) is 54.6 Å². The van der Waals surface area contributed by atoms with Gasteiger partial charge in [0.05, 0.1) is 19.1 Å². The van der Waals surface area contributed by atoms with Crippen molar-refractivity contribution in [2.45, 2.75) is 13.5 Å². The van der Waals surface area contributed by atoms with Gasteiger partial charge in [-0.15, -0.1) is 0 Å². The Hall–Kier alpha value is -2.54. The molecule has 26 heavy (non-hydrogen) atoms. The van der Waals surface area contributed by atoms with Gasteiger partial charge in [0.25, 0.3) is 0 Å². The molecule has 0 atom stereocenters. The van der Waals surface area contributed by atoms with Gasteiger partial charge < -0.3 is 9.64 Å². The molecule has 0 saturated carbocycles. The topological polar surface area (TPSA) is 66.9 Å². The molecule has 0 radical (unpaired) electrons. The molecule has 1 amide bonds. The number of benzene rings is 2. The molecule has 0 aliphatic rings. The first-order chi connectivity index (χ1) is 12.4. The zero-order chi connectivity index (χ0) is 19.2. The first-order valence-electron chi connectivity index (χ1n) is 8.29. The molecule has 6 nitrogen and oxygen atoms in total. The normalized spacial score (nSPS) is 11.0. The predicted molar refractivity (Wildman–Crippen MR) is 103 cm³/mol. The maximum absolute atomic E-state index is 12.8. The van der Waals surface area contributed by atoms with Gasteiger partial charge in [-0.1, -0.05) is 42.5 Å². The smallest absolute Gasteiger partial charge is 0.243 e. The van der Waals surface area contributed by atoms with Gasteiger partial charge in [0, 0.05) is 13.1 Å². The third kappa shape index (κ3) is 4.98. The summed E-state index contributed by atoms with van der Waals surface area (Å²) in [6.07, 6.45) is 1.08. The molecule has 0 saturated heterocycles. The number of hydrogen-bond donors (Lipinski definition) is 0. The Kier molecular flexibility index (Phi) is 6.63. The number of rotatable bonds is 8. The minimum Gasteiger partial charge on any atom is -0.495 e. The van der Waals surface area contributed by atoms with Crippen molar-refractivity contribution in [2.24, 2.45) is 0 Å². The maximum Gasteiger partial charge on any atom is 0.243 e. The van der Waals surface area contributed by atoms with Crippen molar-refractivity contribution >= 4 is 21.6 Å². The van der Waals surface area contributed by atoms with Gasteiger partial charge >= 0.3 is 0 Å². The molecule has 140 valence electrons. The molecule has 0 fully saturated rings. The van der Waals surface area contributed by atoms with Crippen LogP contribution in [0.2, 0.25) is 0 Å². The van der Waals surface area contributed by atoms with Gasteiger partial charge in [-0.3, -0.25) is 9.10 Å². The average molecular weight is 376 g/mol. The van der Waals surface area contributed by atoms with Crippen LogP contribution in [0.25, 0.3) is 0 Å². The van der Waals surface area contributed by atoms with E-state index in [9.17, 15) is 13.2 Å². The number of amides is 1. The fourth-order valence-electron chi connectivity index (χ4n) is 2.62. The second-order valence-electron chi connectivity index (χ2n) is 5.83. The summed E-state index contributed by atoms with van der Waals surface area (Å²) in [7, 11) is -2.19. The van der Waals surface area contributed by atoms with E-state index in [1.54, 1.807) is 29.2 Å². The molecule has 2 aromatic rings. The van der Waals surface area contributed by atoms with Gasteiger partial charge in [0.1, 0.15) is 12.3 Å². The number of para-hydroxylation sites is 2. The van der Waals surface area contributed by atoms with Crippen LogP contribution in [0.1, 0.15) is 12.5 Å². The lowest BCUT2D eigenvalue weighted by atomic mass is 10.2. The van der Waals surface area contributed by atoms with Crippen molar-refractivity contribution in [2.75, 3.05) is 30.8 Å². The number of carbonyl (C=O) groups is 1. The van der Waals surface area contributed by atoms with Gasteiger partial charge in [0.15, 0.2) is 0 Å². The third-order valence-corrected chi connectivity index (χ3v) is 5.11. The van der Waals surface area contributed by atoms with Crippen molar-refractivity contribution in [3.05, 3.63) is 60.2 Å². The molecule has 2 aromatic carbocycles. The Morgan fingerprint density at radius 2 is 1.65 bits per heavy atom. The SMILES string of the molecule is CCN(Cc1ccccc1)C(=O)CN(c1ccccc1OC)S(C)(=O)=O. The highest BCUT2D eigenvalue weighted by atomic mass is 32.2. The van der Waals surface area contributed by atoms with Crippen LogP contribution in [-0.2, 0) is 21.4 Å². The van der Waals surface area contributed by atoms with E-state index in [0.717, 1.165) is 16.1 Å². The summed E-state index contributed by atoms with van der Waals surface area (Å²) in [5, 5.41) is 0. The fourth-order valence-corrected chi connectivity index (χ4v) is 3.47. The Morgan fingerprint density at radius 1 is 1.04 bits per heavy atom. The van der Waals surface area contributed by atoms with Gasteiger partial charge in [0.2, 0.25) is 15.9 Å². The van der Waals surface area contributed by atoms with E-state index in [1.165, 1.54) is 7.11 Å². The van der Waals surface area contributed by atoms with Crippen LogP contribution in [0.4, 0.5) is 5.69 Å². The molecule has 0 heterocycles.